The number of fused-ring (bicyclic) bond motifs is 1. The van der Waals surface area contributed by atoms with Crippen LogP contribution in [0.25, 0.3) is 11.2 Å². The normalized spacial score (nSPS) is 11.3. The molecule has 0 saturated carbocycles. The molecule has 0 unspecified atom stereocenters. The zero-order chi connectivity index (χ0) is 17.4. The van der Waals surface area contributed by atoms with Gasteiger partial charge in [0, 0.05) is 47.5 Å². The number of hydrogen-bond donors (Lipinski definition) is 0. The monoisotopic (exact) mass is 331 g/mol. The van der Waals surface area contributed by atoms with Gasteiger partial charge in [0.2, 0.25) is 0 Å². The molecule has 9 heteroatoms. The molecule has 0 amide bonds. The van der Waals surface area contributed by atoms with Gasteiger partial charge in [-0.05, 0) is 6.42 Å². The van der Waals surface area contributed by atoms with Crippen LogP contribution in [0.3, 0.4) is 0 Å². The molecule has 24 heavy (non-hydrogen) atoms. The second-order valence-electron chi connectivity index (χ2n) is 5.97. The number of nitrogens with zero attached hydrogens (tertiary/aromatic N) is 7. The van der Waals surface area contributed by atoms with E-state index in [1.165, 1.54) is 9.13 Å². The van der Waals surface area contributed by atoms with E-state index in [1.807, 2.05) is 25.2 Å². The zero-order valence-corrected chi connectivity index (χ0v) is 14.3. The molecule has 3 aromatic heterocycles. The Hall–Kier alpha value is -2.84. The zero-order valence-electron chi connectivity index (χ0n) is 14.3. The van der Waals surface area contributed by atoms with E-state index in [0.717, 1.165) is 5.69 Å². The Bertz CT molecular complexity index is 992. The molecule has 0 aliphatic carbocycles. The first-order chi connectivity index (χ1) is 11.4. The van der Waals surface area contributed by atoms with Gasteiger partial charge >= 0.3 is 5.69 Å². The maximum absolute atomic E-state index is 12.6. The minimum atomic E-state index is -0.338. The molecule has 3 heterocycles. The van der Waals surface area contributed by atoms with E-state index < -0.39 is 0 Å². The van der Waals surface area contributed by atoms with E-state index in [9.17, 15) is 9.59 Å². The number of aryl methyl sites for hydroxylation is 3. The molecule has 128 valence electrons. The Balaban J connectivity index is 1.82. The van der Waals surface area contributed by atoms with Crippen molar-refractivity contribution in [3.05, 3.63) is 39.6 Å². The van der Waals surface area contributed by atoms with Crippen molar-refractivity contribution in [2.75, 3.05) is 18.5 Å². The van der Waals surface area contributed by atoms with Crippen LogP contribution in [-0.2, 0) is 27.7 Å². The van der Waals surface area contributed by atoms with Crippen LogP contribution < -0.4 is 16.1 Å². The summed E-state index contributed by atoms with van der Waals surface area (Å²) in [5.41, 5.74) is 1.22. The van der Waals surface area contributed by atoms with Gasteiger partial charge in [-0.3, -0.25) is 18.6 Å². The molecule has 9 nitrogen and oxygen atoms in total. The van der Waals surface area contributed by atoms with E-state index in [0.29, 0.717) is 30.7 Å². The lowest BCUT2D eigenvalue weighted by Crippen LogP contribution is -2.40. The summed E-state index contributed by atoms with van der Waals surface area (Å²) in [5.74, 6) is 0. The molecule has 0 bridgehead atoms. The quantitative estimate of drug-likeness (QED) is 0.641. The summed E-state index contributed by atoms with van der Waals surface area (Å²) in [6, 6.07) is 0. The summed E-state index contributed by atoms with van der Waals surface area (Å²) in [5, 5.41) is 4.14. The van der Waals surface area contributed by atoms with Crippen LogP contribution in [0, 0.1) is 0 Å². The predicted octanol–water partition coefficient (Wildman–Crippen LogP) is -0.306. The molecular weight excluding hydrogens is 310 g/mol. The van der Waals surface area contributed by atoms with Crippen LogP contribution in [0.4, 0.5) is 5.69 Å². The fraction of sp³-hybridized carbons (Fsp3) is 0.467. The lowest BCUT2D eigenvalue weighted by atomic mass is 10.3. The molecule has 3 aromatic rings. The van der Waals surface area contributed by atoms with Gasteiger partial charge in [0.15, 0.2) is 11.2 Å². The molecule has 0 aliphatic rings. The largest absolute Gasteiger partial charge is 0.372 e. The summed E-state index contributed by atoms with van der Waals surface area (Å²) in [6.07, 6.45) is 5.93. The lowest BCUT2D eigenvalue weighted by molar-refractivity contribution is 0.571. The Morgan fingerprint density at radius 1 is 1.21 bits per heavy atom. The first-order valence-corrected chi connectivity index (χ1v) is 7.70. The Labute approximate surface area is 138 Å². The minimum absolute atomic E-state index is 0.294. The summed E-state index contributed by atoms with van der Waals surface area (Å²) in [4.78, 5) is 31.2. The van der Waals surface area contributed by atoms with Crippen molar-refractivity contribution in [2.45, 2.75) is 13.0 Å². The predicted molar refractivity (Wildman–Crippen MR) is 91.3 cm³/mol. The average molecular weight is 331 g/mol. The number of rotatable bonds is 5. The molecule has 0 aromatic carbocycles. The van der Waals surface area contributed by atoms with Crippen molar-refractivity contribution >= 4 is 16.9 Å². The van der Waals surface area contributed by atoms with Crippen LogP contribution in [-0.4, -0.2) is 42.1 Å². The summed E-state index contributed by atoms with van der Waals surface area (Å²) < 4.78 is 6.08. The first-order valence-electron chi connectivity index (χ1n) is 7.70. The van der Waals surface area contributed by atoms with Crippen molar-refractivity contribution in [3.63, 3.8) is 0 Å². The van der Waals surface area contributed by atoms with Gasteiger partial charge in [0.25, 0.3) is 5.56 Å². The Morgan fingerprint density at radius 3 is 2.62 bits per heavy atom. The lowest BCUT2D eigenvalue weighted by Gasteiger charge is -2.17. The van der Waals surface area contributed by atoms with E-state index >= 15 is 0 Å². The number of anilines is 1. The summed E-state index contributed by atoms with van der Waals surface area (Å²) in [7, 11) is 7.21. The number of aromatic nitrogens is 6. The highest BCUT2D eigenvalue weighted by molar-refractivity contribution is 5.69. The second-order valence-corrected chi connectivity index (χ2v) is 5.97. The smallest absolute Gasteiger partial charge is 0.332 e. The van der Waals surface area contributed by atoms with Crippen molar-refractivity contribution < 1.29 is 0 Å². The fourth-order valence-corrected chi connectivity index (χ4v) is 2.79. The SMILES string of the molecule is CN(CCCn1c(=O)c2c(ncn2C)n(C)c1=O)c1cnn(C)c1. The third-order valence-corrected chi connectivity index (χ3v) is 4.21. The van der Waals surface area contributed by atoms with Gasteiger partial charge in [-0.15, -0.1) is 0 Å². The molecule has 0 aliphatic heterocycles. The van der Waals surface area contributed by atoms with Gasteiger partial charge in [-0.1, -0.05) is 0 Å². The van der Waals surface area contributed by atoms with E-state index in [2.05, 4.69) is 10.1 Å². The highest BCUT2D eigenvalue weighted by Gasteiger charge is 2.14. The highest BCUT2D eigenvalue weighted by Crippen LogP contribution is 2.10. The van der Waals surface area contributed by atoms with Crippen LogP contribution in [0.5, 0.6) is 0 Å². The van der Waals surface area contributed by atoms with E-state index in [-0.39, 0.29) is 11.2 Å². The molecule has 3 rings (SSSR count). The van der Waals surface area contributed by atoms with Gasteiger partial charge in [-0.25, -0.2) is 9.78 Å². The summed E-state index contributed by atoms with van der Waals surface area (Å²) >= 11 is 0. The van der Waals surface area contributed by atoms with Gasteiger partial charge in [-0.2, -0.15) is 5.10 Å². The van der Waals surface area contributed by atoms with Gasteiger partial charge < -0.3 is 9.47 Å². The van der Waals surface area contributed by atoms with Crippen molar-refractivity contribution in [1.29, 1.82) is 0 Å². The van der Waals surface area contributed by atoms with E-state index in [1.54, 1.807) is 35.9 Å². The number of hydrogen-bond acceptors (Lipinski definition) is 5. The molecule has 0 N–H and O–H groups in total. The molecule has 0 radical (unpaired) electrons. The van der Waals surface area contributed by atoms with Gasteiger partial charge in [0.05, 0.1) is 18.2 Å². The molecule has 0 fully saturated rings. The first kappa shape index (κ1) is 16.0. The van der Waals surface area contributed by atoms with Crippen LogP contribution in [0.15, 0.2) is 28.3 Å². The summed E-state index contributed by atoms with van der Waals surface area (Å²) in [6.45, 7) is 1.07. The molecule has 0 atom stereocenters. The van der Waals surface area contributed by atoms with Crippen molar-refractivity contribution in [1.82, 2.24) is 28.5 Å². The van der Waals surface area contributed by atoms with Crippen LogP contribution >= 0.6 is 0 Å². The third-order valence-electron chi connectivity index (χ3n) is 4.21. The molecule has 0 spiro atoms. The third kappa shape index (κ3) is 2.61. The second kappa shape index (κ2) is 5.99. The molecule has 0 saturated heterocycles. The fourth-order valence-electron chi connectivity index (χ4n) is 2.79. The topological polar surface area (TPSA) is 82.9 Å². The van der Waals surface area contributed by atoms with Crippen molar-refractivity contribution in [2.24, 2.45) is 21.1 Å². The molecular formula is C15H21N7O2. The van der Waals surface area contributed by atoms with Crippen LogP contribution in [0.2, 0.25) is 0 Å². The van der Waals surface area contributed by atoms with Crippen molar-refractivity contribution in [3.8, 4) is 0 Å². The Morgan fingerprint density at radius 2 is 1.96 bits per heavy atom. The maximum Gasteiger partial charge on any atom is 0.332 e. The maximum atomic E-state index is 12.6. The Kier molecular flexibility index (Phi) is 4.00. The number of imidazole rings is 1. The van der Waals surface area contributed by atoms with Gasteiger partial charge in [0.1, 0.15) is 0 Å². The average Bonchev–Trinajstić information content (AvgIpc) is 3.14. The van der Waals surface area contributed by atoms with E-state index in [4.69, 9.17) is 0 Å². The van der Waals surface area contributed by atoms with Crippen LogP contribution in [0.1, 0.15) is 6.42 Å². The highest BCUT2D eigenvalue weighted by atomic mass is 16.2. The standard InChI is InChI=1S/C15H21N7O2/c1-18(11-8-17-20(3)9-11)6-5-7-22-14(23)12-13(16-10-19(12)2)21(4)15(22)24/h8-10H,5-7H2,1-4H3. The minimum Gasteiger partial charge on any atom is -0.372 e.